The molecule has 1 aliphatic carbocycles. The molecule has 172 valence electrons. The van der Waals surface area contributed by atoms with Crippen molar-refractivity contribution in [1.82, 2.24) is 10.6 Å². The summed E-state index contributed by atoms with van der Waals surface area (Å²) in [4.78, 5) is 0. The van der Waals surface area contributed by atoms with Gasteiger partial charge in [-0.15, -0.1) is 0 Å². The fourth-order valence-electron chi connectivity index (χ4n) is 3.75. The summed E-state index contributed by atoms with van der Waals surface area (Å²) in [5.41, 5.74) is 1.62. The summed E-state index contributed by atoms with van der Waals surface area (Å²) in [6.07, 6.45) is 4.68. The van der Waals surface area contributed by atoms with Crippen molar-refractivity contribution in [3.8, 4) is 0 Å². The fraction of sp³-hybridized carbons (Fsp3) is 0.364. The Kier molecular flexibility index (Phi) is 9.96. The van der Waals surface area contributed by atoms with Gasteiger partial charge in [-0.05, 0) is 91.9 Å². The Morgan fingerprint density at radius 1 is 0.719 bits per heavy atom. The summed E-state index contributed by atoms with van der Waals surface area (Å²) in [6.45, 7) is 1.66. The van der Waals surface area contributed by atoms with E-state index in [1.165, 1.54) is 19.3 Å². The number of anilines is 2. The predicted molar refractivity (Wildman–Crippen MR) is 147 cm³/mol. The van der Waals surface area contributed by atoms with Crippen LogP contribution in [0.1, 0.15) is 25.7 Å². The minimum atomic E-state index is 0.494. The molecule has 0 saturated heterocycles. The van der Waals surface area contributed by atoms with Crippen LogP contribution in [0.2, 0.25) is 20.1 Å². The van der Waals surface area contributed by atoms with Gasteiger partial charge in [0.1, 0.15) is 0 Å². The molecule has 2 aromatic carbocycles. The molecule has 1 saturated carbocycles. The van der Waals surface area contributed by atoms with Gasteiger partial charge in [-0.1, -0.05) is 52.8 Å². The molecular formula is C22H24Cl4N4S2. The predicted octanol–water partition coefficient (Wildman–Crippen LogP) is 7.38. The summed E-state index contributed by atoms with van der Waals surface area (Å²) < 4.78 is 0. The van der Waals surface area contributed by atoms with Gasteiger partial charge in [0, 0.05) is 24.5 Å². The number of halogens is 4. The lowest BCUT2D eigenvalue weighted by atomic mass is 9.81. The van der Waals surface area contributed by atoms with Crippen LogP contribution in [0, 0.1) is 11.8 Å². The molecule has 4 N–H and O–H groups in total. The third kappa shape index (κ3) is 8.08. The van der Waals surface area contributed by atoms with Gasteiger partial charge in [0.2, 0.25) is 0 Å². The lowest BCUT2D eigenvalue weighted by molar-refractivity contribution is 0.267. The van der Waals surface area contributed by atoms with E-state index < -0.39 is 0 Å². The van der Waals surface area contributed by atoms with Crippen LogP contribution in [0.5, 0.6) is 0 Å². The second-order valence-corrected chi connectivity index (χ2v) is 10.3. The van der Waals surface area contributed by atoms with Crippen molar-refractivity contribution < 1.29 is 0 Å². The summed E-state index contributed by atoms with van der Waals surface area (Å²) in [6, 6.07) is 10.7. The Morgan fingerprint density at radius 2 is 1.16 bits per heavy atom. The average Bonchev–Trinajstić information content (AvgIpc) is 2.76. The topological polar surface area (TPSA) is 48.1 Å². The average molecular weight is 550 g/mol. The first-order valence-corrected chi connectivity index (χ1v) is 12.6. The first-order chi connectivity index (χ1) is 15.3. The fourth-order valence-corrected chi connectivity index (χ4v) is 4.74. The van der Waals surface area contributed by atoms with Crippen LogP contribution in [0.4, 0.5) is 11.4 Å². The molecular weight excluding hydrogens is 526 g/mol. The van der Waals surface area contributed by atoms with Crippen molar-refractivity contribution in [2.75, 3.05) is 23.7 Å². The third-order valence-corrected chi connectivity index (χ3v) is 7.32. The molecule has 0 aromatic heterocycles. The zero-order valence-corrected chi connectivity index (χ0v) is 21.8. The van der Waals surface area contributed by atoms with Gasteiger partial charge in [0.25, 0.3) is 0 Å². The number of hydrogen-bond donors (Lipinski definition) is 4. The molecule has 0 aliphatic heterocycles. The number of hydrogen-bond acceptors (Lipinski definition) is 2. The molecule has 1 fully saturated rings. The van der Waals surface area contributed by atoms with Crippen LogP contribution in [0.3, 0.4) is 0 Å². The molecule has 0 heterocycles. The third-order valence-electron chi connectivity index (χ3n) is 5.35. The van der Waals surface area contributed by atoms with Crippen LogP contribution < -0.4 is 21.3 Å². The molecule has 0 bridgehead atoms. The standard InChI is InChI=1S/C22H24Cl4N4S2/c23-17-6-4-15(9-19(17)25)29-21(31)27-11-13-2-1-3-14(8-13)12-28-22(32)30-16-5-7-18(24)20(26)10-16/h4-7,9-10,13-14H,1-3,8,11-12H2,(H2,27,29,31)(H2,28,30,32)/t13-,14+. The molecule has 3 rings (SSSR count). The summed E-state index contributed by atoms with van der Waals surface area (Å²) in [5, 5.41) is 16.1. The maximum atomic E-state index is 6.06. The second kappa shape index (κ2) is 12.4. The Bertz CT molecular complexity index is 897. The Balaban J connectivity index is 1.38. The van der Waals surface area contributed by atoms with Crippen molar-refractivity contribution in [2.24, 2.45) is 11.8 Å². The quantitative estimate of drug-likeness (QED) is 0.282. The molecule has 0 radical (unpaired) electrons. The molecule has 0 unspecified atom stereocenters. The van der Waals surface area contributed by atoms with E-state index in [2.05, 4.69) is 21.3 Å². The summed E-state index contributed by atoms with van der Waals surface area (Å²) in [7, 11) is 0. The number of nitrogens with one attached hydrogen (secondary N) is 4. The van der Waals surface area contributed by atoms with E-state index in [-0.39, 0.29) is 0 Å². The van der Waals surface area contributed by atoms with Crippen LogP contribution in [0.25, 0.3) is 0 Å². The van der Waals surface area contributed by atoms with Crippen LogP contribution in [-0.4, -0.2) is 23.3 Å². The zero-order valence-electron chi connectivity index (χ0n) is 17.2. The molecule has 0 spiro atoms. The largest absolute Gasteiger partial charge is 0.362 e. The van der Waals surface area contributed by atoms with Gasteiger partial charge in [-0.2, -0.15) is 0 Å². The summed E-state index contributed by atoms with van der Waals surface area (Å²) >= 11 is 34.9. The van der Waals surface area contributed by atoms with Crippen molar-refractivity contribution >= 4 is 92.4 Å². The minimum Gasteiger partial charge on any atom is -0.362 e. The maximum Gasteiger partial charge on any atom is 0.170 e. The van der Waals surface area contributed by atoms with E-state index in [0.29, 0.717) is 42.2 Å². The van der Waals surface area contributed by atoms with Gasteiger partial charge in [0.15, 0.2) is 10.2 Å². The van der Waals surface area contributed by atoms with E-state index in [4.69, 9.17) is 70.8 Å². The Hall–Kier alpha value is -1.02. The normalized spacial score (nSPS) is 18.0. The minimum absolute atomic E-state index is 0.494. The highest BCUT2D eigenvalue weighted by molar-refractivity contribution is 7.80. The van der Waals surface area contributed by atoms with E-state index in [0.717, 1.165) is 30.9 Å². The van der Waals surface area contributed by atoms with E-state index in [1.54, 1.807) is 24.3 Å². The highest BCUT2D eigenvalue weighted by atomic mass is 35.5. The van der Waals surface area contributed by atoms with Gasteiger partial charge >= 0.3 is 0 Å². The van der Waals surface area contributed by atoms with E-state index >= 15 is 0 Å². The molecule has 32 heavy (non-hydrogen) atoms. The van der Waals surface area contributed by atoms with E-state index in [1.807, 2.05) is 12.1 Å². The Morgan fingerprint density at radius 3 is 1.56 bits per heavy atom. The number of benzene rings is 2. The molecule has 2 atom stereocenters. The first-order valence-electron chi connectivity index (χ1n) is 10.3. The van der Waals surface area contributed by atoms with Crippen LogP contribution in [0.15, 0.2) is 36.4 Å². The monoisotopic (exact) mass is 548 g/mol. The molecule has 0 amide bonds. The highest BCUT2D eigenvalue weighted by Crippen LogP contribution is 2.29. The summed E-state index contributed by atoms with van der Waals surface area (Å²) in [5.74, 6) is 1.11. The second-order valence-electron chi connectivity index (χ2n) is 7.83. The Labute approximate surface area is 219 Å². The van der Waals surface area contributed by atoms with Crippen LogP contribution in [-0.2, 0) is 0 Å². The maximum absolute atomic E-state index is 6.06. The van der Waals surface area contributed by atoms with Gasteiger partial charge in [-0.3, -0.25) is 0 Å². The van der Waals surface area contributed by atoms with Crippen molar-refractivity contribution in [1.29, 1.82) is 0 Å². The number of rotatable bonds is 6. The molecule has 2 aromatic rings. The molecule has 10 heteroatoms. The van der Waals surface area contributed by atoms with Crippen molar-refractivity contribution in [2.45, 2.75) is 25.7 Å². The lowest BCUT2D eigenvalue weighted by Gasteiger charge is -2.30. The van der Waals surface area contributed by atoms with E-state index in [9.17, 15) is 0 Å². The van der Waals surface area contributed by atoms with Crippen LogP contribution >= 0.6 is 70.8 Å². The lowest BCUT2D eigenvalue weighted by Crippen LogP contribution is -2.38. The first kappa shape index (κ1) is 25.6. The molecule has 4 nitrogen and oxygen atoms in total. The van der Waals surface area contributed by atoms with Crippen molar-refractivity contribution in [3.05, 3.63) is 56.5 Å². The van der Waals surface area contributed by atoms with Gasteiger partial charge < -0.3 is 21.3 Å². The van der Waals surface area contributed by atoms with Gasteiger partial charge in [0.05, 0.1) is 20.1 Å². The van der Waals surface area contributed by atoms with Crippen molar-refractivity contribution in [3.63, 3.8) is 0 Å². The van der Waals surface area contributed by atoms with Gasteiger partial charge in [-0.25, -0.2) is 0 Å². The molecule has 1 aliphatic rings. The number of thiocarbonyl (C=S) groups is 2. The smallest absolute Gasteiger partial charge is 0.170 e. The SMILES string of the molecule is S=C(NC[C@H]1CCC[C@@H](CNC(=S)Nc2ccc(Cl)c(Cl)c2)C1)Nc1ccc(Cl)c(Cl)c1. The highest BCUT2D eigenvalue weighted by Gasteiger charge is 2.22. The zero-order chi connectivity index (χ0) is 23.1.